The molecule has 0 saturated heterocycles. The van der Waals surface area contributed by atoms with Crippen LogP contribution in [0.3, 0.4) is 0 Å². The van der Waals surface area contributed by atoms with Crippen molar-refractivity contribution in [2.24, 2.45) is 0 Å². The van der Waals surface area contributed by atoms with Gasteiger partial charge in [-0.25, -0.2) is 4.39 Å². The van der Waals surface area contributed by atoms with E-state index in [1.54, 1.807) is 0 Å². The van der Waals surface area contributed by atoms with E-state index in [9.17, 15) is 14.0 Å². The number of hydrogen-bond donors (Lipinski definition) is 1. The first-order valence-corrected chi connectivity index (χ1v) is 2.58. The predicted molar refractivity (Wildman–Crippen MR) is 32.4 cm³/mol. The molecule has 1 N–H and O–H groups in total. The van der Waals surface area contributed by atoms with E-state index in [1.807, 2.05) is 0 Å². The van der Waals surface area contributed by atoms with Crippen LogP contribution in [0.5, 0.6) is 0 Å². The highest BCUT2D eigenvalue weighted by Crippen LogP contribution is 1.94. The van der Waals surface area contributed by atoms with E-state index in [1.165, 1.54) is 12.3 Å². The molecule has 1 rings (SSSR count). The number of aromatic amines is 1. The zero-order valence-electron chi connectivity index (χ0n) is 4.93. The zero-order valence-corrected chi connectivity index (χ0v) is 4.93. The predicted octanol–water partition coefficient (Wildman–Crippen LogP) is 0.326. The molecule has 10 heavy (non-hydrogen) atoms. The molecule has 4 heteroatoms. The third kappa shape index (κ3) is 0.953. The van der Waals surface area contributed by atoms with Crippen molar-refractivity contribution in [3.05, 3.63) is 34.0 Å². The van der Waals surface area contributed by atoms with E-state index >= 15 is 0 Å². The normalized spacial score (nSPS) is 9.30. The van der Waals surface area contributed by atoms with Gasteiger partial charge in [0.1, 0.15) is 0 Å². The van der Waals surface area contributed by atoms with Gasteiger partial charge in [-0.2, -0.15) is 0 Å². The Hall–Kier alpha value is -1.45. The summed E-state index contributed by atoms with van der Waals surface area (Å²) in [4.78, 5) is 22.5. The molecule has 0 fully saturated rings. The summed E-state index contributed by atoms with van der Waals surface area (Å²) in [6.45, 7) is 0. The molecule has 0 aliphatic carbocycles. The number of halogens is 1. The largest absolute Gasteiger partial charge is 0.327 e. The fourth-order valence-electron chi connectivity index (χ4n) is 0.566. The molecule has 0 atom stereocenters. The van der Waals surface area contributed by atoms with Gasteiger partial charge in [-0.15, -0.1) is 0 Å². The Morgan fingerprint density at radius 1 is 1.60 bits per heavy atom. The maximum absolute atomic E-state index is 12.4. The fourth-order valence-corrected chi connectivity index (χ4v) is 0.566. The SMILES string of the molecule is O=Cc1cc[nH]c(=O)c1F. The molecule has 0 radical (unpaired) electrons. The molecule has 0 aromatic carbocycles. The van der Waals surface area contributed by atoms with Crippen molar-refractivity contribution in [3.8, 4) is 0 Å². The molecule has 0 amide bonds. The minimum absolute atomic E-state index is 0.219. The van der Waals surface area contributed by atoms with Gasteiger partial charge in [0.25, 0.3) is 5.56 Å². The first-order valence-electron chi connectivity index (χ1n) is 2.58. The van der Waals surface area contributed by atoms with Crippen molar-refractivity contribution in [3.63, 3.8) is 0 Å². The first kappa shape index (κ1) is 6.67. The maximum atomic E-state index is 12.4. The summed E-state index contributed by atoms with van der Waals surface area (Å²) in [6, 6.07) is 1.20. The number of aldehydes is 1. The fraction of sp³-hybridized carbons (Fsp3) is 0. The van der Waals surface area contributed by atoms with Crippen molar-refractivity contribution >= 4 is 6.29 Å². The van der Waals surface area contributed by atoms with Crippen molar-refractivity contribution in [1.29, 1.82) is 0 Å². The van der Waals surface area contributed by atoms with Crippen LogP contribution >= 0.6 is 0 Å². The van der Waals surface area contributed by atoms with Crippen molar-refractivity contribution in [2.75, 3.05) is 0 Å². The van der Waals surface area contributed by atoms with E-state index in [4.69, 9.17) is 0 Å². The van der Waals surface area contributed by atoms with Gasteiger partial charge in [0, 0.05) is 6.20 Å². The Balaban J connectivity index is 3.41. The molecule has 52 valence electrons. The first-order chi connectivity index (χ1) is 4.75. The van der Waals surface area contributed by atoms with Crippen molar-refractivity contribution in [1.82, 2.24) is 4.98 Å². The van der Waals surface area contributed by atoms with Crippen LogP contribution < -0.4 is 5.56 Å². The summed E-state index contributed by atoms with van der Waals surface area (Å²) < 4.78 is 12.4. The summed E-state index contributed by atoms with van der Waals surface area (Å²) in [5.74, 6) is -1.03. The third-order valence-electron chi connectivity index (χ3n) is 1.06. The number of pyridine rings is 1. The monoisotopic (exact) mass is 141 g/mol. The van der Waals surface area contributed by atoms with Crippen LogP contribution in [0.15, 0.2) is 17.1 Å². The second-order valence-corrected chi connectivity index (χ2v) is 1.69. The van der Waals surface area contributed by atoms with Crippen LogP contribution in [-0.4, -0.2) is 11.3 Å². The number of carbonyl (C=O) groups is 1. The summed E-state index contributed by atoms with van der Waals surface area (Å²) in [7, 11) is 0. The highest BCUT2D eigenvalue weighted by molar-refractivity contribution is 5.74. The Labute approximate surface area is 55.5 Å². The number of carbonyl (C=O) groups excluding carboxylic acids is 1. The molecule has 3 nitrogen and oxygen atoms in total. The van der Waals surface area contributed by atoms with E-state index in [0.29, 0.717) is 6.29 Å². The number of nitrogens with one attached hydrogen (secondary N) is 1. The average molecular weight is 141 g/mol. The minimum atomic E-state index is -1.03. The molecule has 0 unspecified atom stereocenters. The average Bonchev–Trinajstić information content (AvgIpc) is 1.95. The number of H-pyrrole nitrogens is 1. The molecule has 0 aliphatic rings. The van der Waals surface area contributed by atoms with Crippen molar-refractivity contribution < 1.29 is 9.18 Å². The second-order valence-electron chi connectivity index (χ2n) is 1.69. The quantitative estimate of drug-likeness (QED) is 0.573. The van der Waals surface area contributed by atoms with Crippen LogP contribution in [-0.2, 0) is 0 Å². The topological polar surface area (TPSA) is 49.9 Å². The standard InChI is InChI=1S/C6H4FNO2/c7-5-4(3-9)1-2-8-6(5)10/h1-3H,(H,8,10). The van der Waals surface area contributed by atoms with E-state index < -0.39 is 11.4 Å². The lowest BCUT2D eigenvalue weighted by Gasteiger charge is -1.88. The van der Waals surface area contributed by atoms with E-state index in [-0.39, 0.29) is 5.56 Å². The lowest BCUT2D eigenvalue weighted by molar-refractivity contribution is 0.111. The molecule has 1 heterocycles. The summed E-state index contributed by atoms with van der Waals surface area (Å²) in [6.07, 6.45) is 1.51. The van der Waals surface area contributed by atoms with E-state index in [0.717, 1.165) is 0 Å². The zero-order chi connectivity index (χ0) is 7.56. The lowest BCUT2D eigenvalue weighted by Crippen LogP contribution is -2.11. The summed E-state index contributed by atoms with van der Waals surface area (Å²) in [5.41, 5.74) is -1.09. The number of aromatic nitrogens is 1. The Morgan fingerprint density at radius 2 is 2.30 bits per heavy atom. The molecular formula is C6H4FNO2. The van der Waals surface area contributed by atoms with Gasteiger partial charge in [0.2, 0.25) is 0 Å². The summed E-state index contributed by atoms with van der Waals surface area (Å²) in [5, 5.41) is 0. The maximum Gasteiger partial charge on any atom is 0.284 e. The minimum Gasteiger partial charge on any atom is -0.327 e. The molecule has 0 aliphatic heterocycles. The van der Waals surface area contributed by atoms with Gasteiger partial charge < -0.3 is 4.98 Å². The van der Waals surface area contributed by atoms with Gasteiger partial charge in [-0.1, -0.05) is 0 Å². The molecule has 0 bridgehead atoms. The van der Waals surface area contributed by atoms with Crippen LogP contribution in [0, 0.1) is 5.82 Å². The molecule has 0 spiro atoms. The Bertz CT molecular complexity index is 305. The smallest absolute Gasteiger partial charge is 0.284 e. The summed E-state index contributed by atoms with van der Waals surface area (Å²) >= 11 is 0. The van der Waals surface area contributed by atoms with Crippen LogP contribution in [0.4, 0.5) is 4.39 Å². The van der Waals surface area contributed by atoms with Crippen molar-refractivity contribution in [2.45, 2.75) is 0 Å². The van der Waals surface area contributed by atoms with Gasteiger partial charge in [0.15, 0.2) is 12.1 Å². The highest BCUT2D eigenvalue weighted by Gasteiger charge is 2.02. The molecule has 1 aromatic heterocycles. The second kappa shape index (κ2) is 2.43. The lowest BCUT2D eigenvalue weighted by atomic mass is 10.3. The molecule has 1 aromatic rings. The third-order valence-corrected chi connectivity index (χ3v) is 1.06. The van der Waals surface area contributed by atoms with Gasteiger partial charge in [-0.3, -0.25) is 9.59 Å². The number of rotatable bonds is 1. The van der Waals surface area contributed by atoms with Crippen LogP contribution in [0.25, 0.3) is 0 Å². The highest BCUT2D eigenvalue weighted by atomic mass is 19.1. The van der Waals surface area contributed by atoms with E-state index in [2.05, 4.69) is 4.98 Å². The van der Waals surface area contributed by atoms with Crippen LogP contribution in [0.2, 0.25) is 0 Å². The Morgan fingerprint density at radius 3 is 2.80 bits per heavy atom. The molecule has 0 saturated carbocycles. The molecular weight excluding hydrogens is 137 g/mol. The van der Waals surface area contributed by atoms with Crippen LogP contribution in [0.1, 0.15) is 10.4 Å². The van der Waals surface area contributed by atoms with Gasteiger partial charge in [0.05, 0.1) is 5.56 Å². The van der Waals surface area contributed by atoms with Gasteiger partial charge >= 0.3 is 0 Å². The number of hydrogen-bond acceptors (Lipinski definition) is 2. The Kier molecular flexibility index (Phi) is 1.62. The van der Waals surface area contributed by atoms with Gasteiger partial charge in [-0.05, 0) is 6.07 Å².